The molecule has 0 aromatic heterocycles. The summed E-state index contributed by atoms with van der Waals surface area (Å²) in [5, 5.41) is 31.5. The second-order valence-corrected chi connectivity index (χ2v) is 20.6. The predicted molar refractivity (Wildman–Crippen MR) is 303 cm³/mol. The van der Waals surface area contributed by atoms with Gasteiger partial charge in [-0.2, -0.15) is 0 Å². The standard InChI is InChI=1S/C63H108O12/c1-4-7-10-13-16-19-22-25-26-27-28-29-30-33-34-37-40-43-46-49-55(64)71-52-54(73-56(65)50-47-44-41-38-35-31-23-20-17-14-11-8-5-2)53-72-63-61(59(68)58(67)60(75-63)62(69)70)74-57(66)51-48-45-42-39-36-32-24-21-18-15-12-9-6-3/h11,14,16,19-21,23-26,54,58-61,63,67-68H,4-10,12-13,15,17-18,22,27-53H2,1-3H3,(H,69,70)/b14-11-,19-16-,23-20-,24-21-,26-25-. The SMILES string of the molecule is CCC/C=C\C/C=C\CCCCCCCC(=O)OC(COC(=O)CCCCCCCCCCC/C=C\C/C=C\CCCCC)COC1OC(C(=O)O)C(O)C(O)C1OC(=O)CCCCCCC/C=C\CCCCCC. The van der Waals surface area contributed by atoms with Gasteiger partial charge in [-0.1, -0.05) is 204 Å². The number of hydrogen-bond donors (Lipinski definition) is 3. The number of carboxylic acids is 1. The van der Waals surface area contributed by atoms with E-state index in [1.54, 1.807) is 0 Å². The fourth-order valence-electron chi connectivity index (χ4n) is 8.84. The van der Waals surface area contributed by atoms with Crippen molar-refractivity contribution >= 4 is 23.9 Å². The number of carboxylic acid groups (broad SMARTS) is 1. The molecule has 0 aromatic carbocycles. The van der Waals surface area contributed by atoms with Crippen molar-refractivity contribution in [1.29, 1.82) is 0 Å². The molecule has 0 aromatic rings. The van der Waals surface area contributed by atoms with Crippen LogP contribution in [0.1, 0.15) is 265 Å². The third-order valence-electron chi connectivity index (χ3n) is 13.5. The molecule has 3 N–H and O–H groups in total. The molecule has 0 bridgehead atoms. The Kier molecular flexibility index (Phi) is 47.4. The lowest BCUT2D eigenvalue weighted by atomic mass is 9.98. The highest BCUT2D eigenvalue weighted by Crippen LogP contribution is 2.26. The Morgan fingerprint density at radius 1 is 0.440 bits per heavy atom. The molecule has 1 fully saturated rings. The molecule has 0 radical (unpaired) electrons. The van der Waals surface area contributed by atoms with Gasteiger partial charge in [0.05, 0.1) is 6.61 Å². The number of esters is 3. The summed E-state index contributed by atoms with van der Waals surface area (Å²) in [4.78, 5) is 51.1. The normalized spacial score (nSPS) is 18.5. The third kappa shape index (κ3) is 41.2. The highest BCUT2D eigenvalue weighted by atomic mass is 16.7. The number of hydrogen-bond acceptors (Lipinski definition) is 11. The molecule has 0 amide bonds. The molecule has 12 nitrogen and oxygen atoms in total. The zero-order valence-electron chi connectivity index (χ0n) is 47.5. The minimum atomic E-state index is -1.91. The number of carbonyl (C=O) groups is 4. The van der Waals surface area contributed by atoms with E-state index in [2.05, 4.69) is 81.5 Å². The summed E-state index contributed by atoms with van der Waals surface area (Å²) < 4.78 is 28.4. The molecule has 1 rings (SSSR count). The highest BCUT2D eigenvalue weighted by molar-refractivity contribution is 5.74. The first-order valence-corrected chi connectivity index (χ1v) is 30.3. The summed E-state index contributed by atoms with van der Waals surface area (Å²) in [6.45, 7) is 5.88. The van der Waals surface area contributed by atoms with Crippen LogP contribution in [0, 0.1) is 0 Å². The van der Waals surface area contributed by atoms with Gasteiger partial charge in [0.15, 0.2) is 24.6 Å². The van der Waals surface area contributed by atoms with E-state index in [0.717, 1.165) is 122 Å². The van der Waals surface area contributed by atoms with Crippen LogP contribution in [0.2, 0.25) is 0 Å². The van der Waals surface area contributed by atoms with Crippen LogP contribution < -0.4 is 0 Å². The highest BCUT2D eigenvalue weighted by Gasteiger charge is 2.50. The van der Waals surface area contributed by atoms with Crippen molar-refractivity contribution in [2.45, 2.75) is 302 Å². The van der Waals surface area contributed by atoms with Gasteiger partial charge in [-0.05, 0) is 103 Å². The van der Waals surface area contributed by atoms with Crippen LogP contribution in [0.4, 0.5) is 0 Å². The summed E-state index contributed by atoms with van der Waals surface area (Å²) in [6.07, 6.45) is 50.4. The molecule has 12 heteroatoms. The smallest absolute Gasteiger partial charge is 0.335 e. The first-order valence-electron chi connectivity index (χ1n) is 30.3. The number of aliphatic hydroxyl groups is 2. The van der Waals surface area contributed by atoms with E-state index in [-0.39, 0.29) is 25.9 Å². The molecular weight excluding hydrogens is 949 g/mol. The largest absolute Gasteiger partial charge is 0.479 e. The molecule has 0 saturated carbocycles. The molecule has 0 aliphatic carbocycles. The fourth-order valence-corrected chi connectivity index (χ4v) is 8.84. The van der Waals surface area contributed by atoms with Crippen LogP contribution in [0.15, 0.2) is 60.8 Å². The number of rotatable bonds is 51. The number of unbranched alkanes of at least 4 members (excludes halogenated alkanes) is 27. The minimum absolute atomic E-state index is 0.0482. The predicted octanol–water partition coefficient (Wildman–Crippen LogP) is 15.6. The number of allylic oxidation sites excluding steroid dienone is 10. The van der Waals surface area contributed by atoms with Gasteiger partial charge in [0.1, 0.15) is 18.8 Å². The minimum Gasteiger partial charge on any atom is -0.479 e. The van der Waals surface area contributed by atoms with Gasteiger partial charge >= 0.3 is 23.9 Å². The monoisotopic (exact) mass is 1060 g/mol. The Morgan fingerprint density at radius 3 is 1.29 bits per heavy atom. The van der Waals surface area contributed by atoms with Gasteiger partial charge in [-0.15, -0.1) is 0 Å². The lowest BCUT2D eigenvalue weighted by Gasteiger charge is -2.40. The van der Waals surface area contributed by atoms with Gasteiger partial charge < -0.3 is 39.0 Å². The Morgan fingerprint density at radius 2 is 0.827 bits per heavy atom. The molecule has 75 heavy (non-hydrogen) atoms. The Bertz CT molecular complexity index is 1540. The van der Waals surface area contributed by atoms with Crippen molar-refractivity contribution in [3.63, 3.8) is 0 Å². The number of aliphatic hydroxyl groups excluding tert-OH is 2. The maximum atomic E-state index is 13.1. The van der Waals surface area contributed by atoms with E-state index < -0.39 is 67.3 Å². The average molecular weight is 1060 g/mol. The van der Waals surface area contributed by atoms with Crippen molar-refractivity contribution < 1.29 is 58.2 Å². The molecular formula is C63H108O12. The van der Waals surface area contributed by atoms with Gasteiger partial charge in [-0.3, -0.25) is 14.4 Å². The second-order valence-electron chi connectivity index (χ2n) is 20.6. The first kappa shape index (κ1) is 69.4. The summed E-state index contributed by atoms with van der Waals surface area (Å²) in [6, 6.07) is 0. The number of carbonyl (C=O) groups excluding carboxylic acids is 3. The molecule has 6 unspecified atom stereocenters. The Hall–Kier alpha value is -3.58. The van der Waals surface area contributed by atoms with Gasteiger partial charge in [-0.25, -0.2) is 4.79 Å². The maximum absolute atomic E-state index is 13.1. The van der Waals surface area contributed by atoms with Crippen LogP contribution in [-0.4, -0.2) is 89.2 Å². The van der Waals surface area contributed by atoms with Crippen LogP contribution >= 0.6 is 0 Å². The van der Waals surface area contributed by atoms with Gasteiger partial charge in [0, 0.05) is 19.3 Å². The van der Waals surface area contributed by atoms with E-state index in [0.29, 0.717) is 19.3 Å². The summed E-state index contributed by atoms with van der Waals surface area (Å²) in [5.41, 5.74) is 0. The molecule has 1 aliphatic rings. The Balaban J connectivity index is 2.67. The summed E-state index contributed by atoms with van der Waals surface area (Å²) >= 11 is 0. The first-order chi connectivity index (χ1) is 36.6. The molecule has 432 valence electrons. The van der Waals surface area contributed by atoms with E-state index in [9.17, 15) is 34.5 Å². The van der Waals surface area contributed by atoms with Crippen LogP contribution in [0.25, 0.3) is 0 Å². The molecule has 0 spiro atoms. The van der Waals surface area contributed by atoms with E-state index in [1.165, 1.54) is 83.5 Å². The van der Waals surface area contributed by atoms with Gasteiger partial charge in [0.25, 0.3) is 0 Å². The van der Waals surface area contributed by atoms with E-state index in [1.807, 2.05) is 0 Å². The summed E-state index contributed by atoms with van der Waals surface area (Å²) in [5.74, 6) is -3.14. The molecule has 1 heterocycles. The second kappa shape index (κ2) is 51.2. The third-order valence-corrected chi connectivity index (χ3v) is 13.5. The quantitative estimate of drug-likeness (QED) is 0.0228. The van der Waals surface area contributed by atoms with Crippen LogP contribution in [0.3, 0.4) is 0 Å². The Labute approximate surface area is 456 Å². The topological polar surface area (TPSA) is 175 Å². The van der Waals surface area contributed by atoms with Crippen molar-refractivity contribution in [2.75, 3.05) is 13.2 Å². The van der Waals surface area contributed by atoms with Crippen LogP contribution in [0.5, 0.6) is 0 Å². The molecule has 6 atom stereocenters. The van der Waals surface area contributed by atoms with E-state index >= 15 is 0 Å². The maximum Gasteiger partial charge on any atom is 0.335 e. The van der Waals surface area contributed by atoms with Crippen molar-refractivity contribution in [2.24, 2.45) is 0 Å². The van der Waals surface area contributed by atoms with Crippen molar-refractivity contribution in [3.8, 4) is 0 Å². The van der Waals surface area contributed by atoms with Crippen LogP contribution in [-0.2, 0) is 42.9 Å². The zero-order valence-corrected chi connectivity index (χ0v) is 47.5. The lowest BCUT2D eigenvalue weighted by Crippen LogP contribution is -2.61. The number of ether oxygens (including phenoxy) is 5. The zero-order chi connectivity index (χ0) is 54.7. The lowest BCUT2D eigenvalue weighted by molar-refractivity contribution is -0.301. The molecule has 1 saturated heterocycles. The van der Waals surface area contributed by atoms with Crippen molar-refractivity contribution in [3.05, 3.63) is 60.8 Å². The van der Waals surface area contributed by atoms with Crippen molar-refractivity contribution in [1.82, 2.24) is 0 Å². The fraction of sp³-hybridized carbons (Fsp3) is 0.778. The van der Waals surface area contributed by atoms with Gasteiger partial charge in [0.2, 0.25) is 0 Å². The molecule has 1 aliphatic heterocycles. The van der Waals surface area contributed by atoms with E-state index in [4.69, 9.17) is 23.7 Å². The summed E-state index contributed by atoms with van der Waals surface area (Å²) in [7, 11) is 0. The average Bonchev–Trinajstić information content (AvgIpc) is 3.39. The number of aliphatic carboxylic acids is 1.